The number of pyridine rings is 1. The zero-order chi connectivity index (χ0) is 13.4. The zero-order valence-electron chi connectivity index (χ0n) is 11.3. The summed E-state index contributed by atoms with van der Waals surface area (Å²) in [7, 11) is 1.70. The Morgan fingerprint density at radius 2 is 1.89 bits per heavy atom. The van der Waals surface area contributed by atoms with Gasteiger partial charge in [-0.05, 0) is 49.2 Å². The number of imidazole rings is 1. The SMILES string of the molecule is COc1cc(C)c(C)cc1-c1cn2ccccc2n1. The summed E-state index contributed by atoms with van der Waals surface area (Å²) in [6.07, 6.45) is 4.03. The van der Waals surface area contributed by atoms with Crippen LogP contribution in [0, 0.1) is 13.8 Å². The number of fused-ring (bicyclic) bond motifs is 1. The molecule has 0 saturated carbocycles. The maximum Gasteiger partial charge on any atom is 0.137 e. The number of aromatic nitrogens is 2. The number of benzene rings is 1. The number of ether oxygens (including phenoxy) is 1. The van der Waals surface area contributed by atoms with Crippen molar-refractivity contribution >= 4 is 5.65 Å². The van der Waals surface area contributed by atoms with E-state index >= 15 is 0 Å². The summed E-state index contributed by atoms with van der Waals surface area (Å²) in [6, 6.07) is 10.2. The monoisotopic (exact) mass is 252 g/mol. The Morgan fingerprint density at radius 1 is 1.11 bits per heavy atom. The lowest BCUT2D eigenvalue weighted by atomic mass is 10.0. The quantitative estimate of drug-likeness (QED) is 0.696. The van der Waals surface area contributed by atoms with Crippen LogP contribution in [0.2, 0.25) is 0 Å². The van der Waals surface area contributed by atoms with Crippen LogP contribution in [0.25, 0.3) is 16.9 Å². The fourth-order valence-corrected chi connectivity index (χ4v) is 2.22. The number of nitrogens with zero attached hydrogens (tertiary/aromatic N) is 2. The molecule has 0 bridgehead atoms. The number of hydrogen-bond donors (Lipinski definition) is 0. The predicted molar refractivity (Wildman–Crippen MR) is 76.7 cm³/mol. The molecular formula is C16H16N2O. The predicted octanol–water partition coefficient (Wildman–Crippen LogP) is 3.63. The molecule has 0 amide bonds. The molecule has 0 fully saturated rings. The first-order valence-corrected chi connectivity index (χ1v) is 6.28. The van der Waals surface area contributed by atoms with E-state index in [1.54, 1.807) is 7.11 Å². The summed E-state index contributed by atoms with van der Waals surface area (Å²) in [6.45, 7) is 4.19. The van der Waals surface area contributed by atoms with Crippen LogP contribution in [0.3, 0.4) is 0 Å². The standard InChI is InChI=1S/C16H16N2O/c1-11-8-13(15(19-3)9-12(11)2)14-10-18-7-5-4-6-16(18)17-14/h4-10H,1-3H3. The van der Waals surface area contributed by atoms with E-state index in [9.17, 15) is 0 Å². The van der Waals surface area contributed by atoms with Crippen LogP contribution in [-0.4, -0.2) is 16.5 Å². The number of aryl methyl sites for hydroxylation is 2. The van der Waals surface area contributed by atoms with Crippen molar-refractivity contribution < 1.29 is 4.74 Å². The molecule has 0 atom stereocenters. The van der Waals surface area contributed by atoms with E-state index in [1.807, 2.05) is 35.0 Å². The van der Waals surface area contributed by atoms with Gasteiger partial charge in [-0.1, -0.05) is 6.07 Å². The van der Waals surface area contributed by atoms with E-state index in [0.29, 0.717) is 0 Å². The minimum Gasteiger partial charge on any atom is -0.496 e. The van der Waals surface area contributed by atoms with Crippen LogP contribution in [0.1, 0.15) is 11.1 Å². The van der Waals surface area contributed by atoms with Gasteiger partial charge in [0.25, 0.3) is 0 Å². The molecule has 0 aliphatic rings. The Bertz CT molecular complexity index is 711. The zero-order valence-corrected chi connectivity index (χ0v) is 11.3. The molecule has 3 rings (SSSR count). The average molecular weight is 252 g/mol. The largest absolute Gasteiger partial charge is 0.496 e. The van der Waals surface area contributed by atoms with Gasteiger partial charge in [-0.25, -0.2) is 4.98 Å². The smallest absolute Gasteiger partial charge is 0.137 e. The molecule has 3 nitrogen and oxygen atoms in total. The van der Waals surface area contributed by atoms with Crippen LogP contribution >= 0.6 is 0 Å². The molecule has 2 aromatic heterocycles. The summed E-state index contributed by atoms with van der Waals surface area (Å²) in [5, 5.41) is 0. The maximum absolute atomic E-state index is 5.48. The summed E-state index contributed by atoms with van der Waals surface area (Å²) in [5.41, 5.74) is 5.38. The summed E-state index contributed by atoms with van der Waals surface area (Å²) >= 11 is 0. The second-order valence-corrected chi connectivity index (χ2v) is 4.73. The highest BCUT2D eigenvalue weighted by Gasteiger charge is 2.11. The second kappa shape index (κ2) is 4.43. The van der Waals surface area contributed by atoms with Crippen LogP contribution in [0.4, 0.5) is 0 Å². The normalized spacial score (nSPS) is 10.9. The molecule has 1 aromatic carbocycles. The lowest BCUT2D eigenvalue weighted by molar-refractivity contribution is 0.416. The van der Waals surface area contributed by atoms with E-state index in [4.69, 9.17) is 4.74 Å². The molecule has 0 N–H and O–H groups in total. The number of hydrogen-bond acceptors (Lipinski definition) is 2. The first kappa shape index (κ1) is 11.8. The summed E-state index contributed by atoms with van der Waals surface area (Å²) in [5.74, 6) is 0.867. The average Bonchev–Trinajstić information content (AvgIpc) is 2.85. The maximum atomic E-state index is 5.48. The molecule has 3 aromatic rings. The van der Waals surface area contributed by atoms with Gasteiger partial charge in [-0.15, -0.1) is 0 Å². The highest BCUT2D eigenvalue weighted by Crippen LogP contribution is 2.32. The van der Waals surface area contributed by atoms with Gasteiger partial charge in [-0.2, -0.15) is 0 Å². The second-order valence-electron chi connectivity index (χ2n) is 4.73. The molecule has 96 valence electrons. The molecule has 0 aliphatic carbocycles. The molecule has 0 aliphatic heterocycles. The van der Waals surface area contributed by atoms with Gasteiger partial charge in [0.2, 0.25) is 0 Å². The molecule has 2 heterocycles. The van der Waals surface area contributed by atoms with Crippen molar-refractivity contribution in [2.45, 2.75) is 13.8 Å². The molecular weight excluding hydrogens is 236 g/mol. The van der Waals surface area contributed by atoms with Gasteiger partial charge < -0.3 is 9.14 Å². The van der Waals surface area contributed by atoms with Crippen molar-refractivity contribution in [3.63, 3.8) is 0 Å². The van der Waals surface area contributed by atoms with Gasteiger partial charge in [0.1, 0.15) is 11.4 Å². The highest BCUT2D eigenvalue weighted by molar-refractivity contribution is 5.70. The number of methoxy groups -OCH3 is 1. The molecule has 19 heavy (non-hydrogen) atoms. The van der Waals surface area contributed by atoms with Gasteiger partial charge in [0.15, 0.2) is 0 Å². The summed E-state index contributed by atoms with van der Waals surface area (Å²) in [4.78, 5) is 4.65. The minimum absolute atomic E-state index is 0.867. The van der Waals surface area contributed by atoms with Gasteiger partial charge >= 0.3 is 0 Å². The van der Waals surface area contributed by atoms with E-state index < -0.39 is 0 Å². The van der Waals surface area contributed by atoms with E-state index in [-0.39, 0.29) is 0 Å². The first-order chi connectivity index (χ1) is 9.19. The third-order valence-corrected chi connectivity index (χ3v) is 3.46. The van der Waals surface area contributed by atoms with Crippen LogP contribution in [-0.2, 0) is 0 Å². The Labute approximate surface area is 112 Å². The van der Waals surface area contributed by atoms with Crippen molar-refractivity contribution in [2.75, 3.05) is 7.11 Å². The molecule has 0 saturated heterocycles. The minimum atomic E-state index is 0.867. The van der Waals surface area contributed by atoms with E-state index in [2.05, 4.69) is 31.0 Å². The molecule has 0 spiro atoms. The van der Waals surface area contributed by atoms with E-state index in [1.165, 1.54) is 11.1 Å². The fraction of sp³-hybridized carbons (Fsp3) is 0.188. The lowest BCUT2D eigenvalue weighted by Crippen LogP contribution is -1.91. The highest BCUT2D eigenvalue weighted by atomic mass is 16.5. The summed E-state index contributed by atoms with van der Waals surface area (Å²) < 4.78 is 7.50. The number of rotatable bonds is 2. The Kier molecular flexibility index (Phi) is 2.75. The van der Waals surface area contributed by atoms with Crippen LogP contribution in [0.5, 0.6) is 5.75 Å². The molecule has 0 unspecified atom stereocenters. The van der Waals surface area contributed by atoms with Crippen molar-refractivity contribution in [3.05, 3.63) is 53.9 Å². The van der Waals surface area contributed by atoms with Gasteiger partial charge in [0, 0.05) is 18.0 Å². The van der Waals surface area contributed by atoms with Crippen LogP contribution < -0.4 is 4.74 Å². The van der Waals surface area contributed by atoms with Crippen molar-refractivity contribution in [1.82, 2.24) is 9.38 Å². The molecule has 0 radical (unpaired) electrons. The van der Waals surface area contributed by atoms with E-state index in [0.717, 1.165) is 22.7 Å². The Hall–Kier alpha value is -2.29. The lowest BCUT2D eigenvalue weighted by Gasteiger charge is -2.09. The van der Waals surface area contributed by atoms with Gasteiger partial charge in [-0.3, -0.25) is 0 Å². The van der Waals surface area contributed by atoms with Crippen molar-refractivity contribution in [2.24, 2.45) is 0 Å². The van der Waals surface area contributed by atoms with Crippen molar-refractivity contribution in [3.8, 4) is 17.0 Å². The third kappa shape index (κ3) is 1.97. The first-order valence-electron chi connectivity index (χ1n) is 6.28. The Morgan fingerprint density at radius 3 is 2.63 bits per heavy atom. The fourth-order valence-electron chi connectivity index (χ4n) is 2.22. The van der Waals surface area contributed by atoms with Crippen molar-refractivity contribution in [1.29, 1.82) is 0 Å². The van der Waals surface area contributed by atoms with Gasteiger partial charge in [0.05, 0.1) is 12.8 Å². The third-order valence-electron chi connectivity index (χ3n) is 3.46. The van der Waals surface area contributed by atoms with Crippen LogP contribution in [0.15, 0.2) is 42.7 Å². The Balaban J connectivity index is 2.22. The topological polar surface area (TPSA) is 26.5 Å². The molecule has 3 heteroatoms.